The summed E-state index contributed by atoms with van der Waals surface area (Å²) >= 11 is 0. The summed E-state index contributed by atoms with van der Waals surface area (Å²) in [5, 5.41) is 0. The molecular formula is C15H30O6. The zero-order valence-electron chi connectivity index (χ0n) is 14.0. The van der Waals surface area contributed by atoms with Crippen LogP contribution in [0.5, 0.6) is 0 Å². The second kappa shape index (κ2) is 16.9. The van der Waals surface area contributed by atoms with Crippen LogP contribution >= 0.6 is 0 Å². The molecule has 0 N–H and O–H groups in total. The van der Waals surface area contributed by atoms with Crippen LogP contribution in [0.25, 0.3) is 0 Å². The molecule has 0 fully saturated rings. The van der Waals surface area contributed by atoms with Crippen LogP contribution in [0.3, 0.4) is 0 Å². The van der Waals surface area contributed by atoms with Gasteiger partial charge < -0.3 is 18.9 Å². The van der Waals surface area contributed by atoms with Gasteiger partial charge in [-0.3, -0.25) is 9.59 Å². The van der Waals surface area contributed by atoms with Crippen molar-refractivity contribution in [2.45, 2.75) is 53.6 Å². The lowest BCUT2D eigenvalue weighted by atomic mass is 10.3. The molecule has 0 saturated heterocycles. The minimum Gasteiger partial charge on any atom is -0.463 e. The molecule has 0 aliphatic heterocycles. The van der Waals surface area contributed by atoms with Crippen molar-refractivity contribution in [2.24, 2.45) is 0 Å². The second-order valence-electron chi connectivity index (χ2n) is 4.39. The molecule has 1 atom stereocenters. The first kappa shape index (κ1) is 22.1. The molecule has 0 spiro atoms. The normalized spacial score (nSPS) is 11.1. The van der Waals surface area contributed by atoms with Crippen molar-refractivity contribution < 1.29 is 28.5 Å². The van der Waals surface area contributed by atoms with Crippen molar-refractivity contribution in [3.05, 3.63) is 0 Å². The maximum Gasteiger partial charge on any atom is 0.302 e. The topological polar surface area (TPSA) is 71.1 Å². The van der Waals surface area contributed by atoms with Crippen molar-refractivity contribution in [2.75, 3.05) is 33.0 Å². The van der Waals surface area contributed by atoms with Gasteiger partial charge in [-0.05, 0) is 20.3 Å². The highest BCUT2D eigenvalue weighted by molar-refractivity contribution is 5.66. The van der Waals surface area contributed by atoms with E-state index in [0.717, 1.165) is 19.4 Å². The molecular weight excluding hydrogens is 276 g/mol. The first-order chi connectivity index (χ1) is 9.93. The van der Waals surface area contributed by atoms with Crippen LogP contribution in [0.1, 0.15) is 47.5 Å². The average molecular weight is 306 g/mol. The summed E-state index contributed by atoms with van der Waals surface area (Å²) in [6.07, 6.45) is 2.06. The van der Waals surface area contributed by atoms with Gasteiger partial charge in [0.05, 0.1) is 13.2 Å². The third-order valence-electron chi connectivity index (χ3n) is 2.10. The van der Waals surface area contributed by atoms with E-state index in [4.69, 9.17) is 14.2 Å². The third kappa shape index (κ3) is 24.3. The Labute approximate surface area is 128 Å². The lowest BCUT2D eigenvalue weighted by molar-refractivity contribution is -0.148. The van der Waals surface area contributed by atoms with Gasteiger partial charge in [-0.15, -0.1) is 0 Å². The summed E-state index contributed by atoms with van der Waals surface area (Å²) in [5.41, 5.74) is 0. The van der Waals surface area contributed by atoms with Crippen molar-refractivity contribution in [3.8, 4) is 0 Å². The van der Waals surface area contributed by atoms with Gasteiger partial charge in [0.15, 0.2) is 0 Å². The number of esters is 2. The first-order valence-electron chi connectivity index (χ1n) is 7.40. The zero-order chi connectivity index (χ0) is 16.5. The van der Waals surface area contributed by atoms with Crippen LogP contribution in [0.4, 0.5) is 0 Å². The molecule has 0 bridgehead atoms. The largest absolute Gasteiger partial charge is 0.463 e. The van der Waals surface area contributed by atoms with Crippen LogP contribution < -0.4 is 0 Å². The van der Waals surface area contributed by atoms with E-state index in [1.54, 1.807) is 0 Å². The molecule has 126 valence electrons. The molecule has 0 aliphatic rings. The number of carbonyl (C=O) groups is 2. The highest BCUT2D eigenvalue weighted by Crippen LogP contribution is 1.94. The number of hydrogen-bond acceptors (Lipinski definition) is 6. The molecule has 0 heterocycles. The van der Waals surface area contributed by atoms with Crippen molar-refractivity contribution >= 4 is 11.9 Å². The van der Waals surface area contributed by atoms with Crippen LogP contribution in [0.15, 0.2) is 0 Å². The smallest absolute Gasteiger partial charge is 0.302 e. The predicted molar refractivity (Wildman–Crippen MR) is 80.1 cm³/mol. The van der Waals surface area contributed by atoms with Crippen LogP contribution in [0, 0.1) is 0 Å². The Hall–Kier alpha value is -1.14. The van der Waals surface area contributed by atoms with Crippen molar-refractivity contribution in [3.63, 3.8) is 0 Å². The van der Waals surface area contributed by atoms with E-state index < -0.39 is 0 Å². The molecule has 6 heteroatoms. The first-order valence-corrected chi connectivity index (χ1v) is 7.40. The van der Waals surface area contributed by atoms with E-state index >= 15 is 0 Å². The standard InChI is InChI=1S/C9H18O3.C6H12O3/c1-4-5-6-11-7-8(2)12-9(3)10;1-3-8-4-5-9-6(2)7/h8H,4-7H2,1-3H3;3-5H2,1-2H3. The fourth-order valence-corrected chi connectivity index (χ4v) is 1.20. The van der Waals surface area contributed by atoms with Gasteiger partial charge in [0.1, 0.15) is 12.7 Å². The van der Waals surface area contributed by atoms with E-state index in [1.165, 1.54) is 13.8 Å². The Kier molecular flexibility index (Phi) is 17.8. The van der Waals surface area contributed by atoms with E-state index in [-0.39, 0.29) is 18.0 Å². The molecule has 0 aromatic heterocycles. The predicted octanol–water partition coefficient (Wildman–Crippen LogP) is 2.34. The Morgan fingerprint density at radius 2 is 1.62 bits per heavy atom. The number of ether oxygens (including phenoxy) is 4. The van der Waals surface area contributed by atoms with Gasteiger partial charge in [0.2, 0.25) is 0 Å². The quantitative estimate of drug-likeness (QED) is 0.456. The summed E-state index contributed by atoms with van der Waals surface area (Å²) in [5.74, 6) is -0.503. The number of unbranched alkanes of at least 4 members (excludes halogenated alkanes) is 1. The molecule has 21 heavy (non-hydrogen) atoms. The SMILES string of the molecule is CCCCOCC(C)OC(C)=O.CCOCCOC(C)=O. The zero-order valence-corrected chi connectivity index (χ0v) is 14.0. The Morgan fingerprint density at radius 1 is 0.952 bits per heavy atom. The summed E-state index contributed by atoms with van der Waals surface area (Å²) in [4.78, 5) is 20.6. The minimum atomic E-state index is -0.255. The highest BCUT2D eigenvalue weighted by atomic mass is 16.6. The number of rotatable bonds is 10. The molecule has 0 aromatic rings. The molecule has 0 radical (unpaired) electrons. The molecule has 0 aromatic carbocycles. The molecule has 0 aliphatic carbocycles. The summed E-state index contributed by atoms with van der Waals surface area (Å²) in [7, 11) is 0. The van der Waals surface area contributed by atoms with Gasteiger partial charge >= 0.3 is 11.9 Å². The maximum absolute atomic E-state index is 10.5. The lowest BCUT2D eigenvalue weighted by Gasteiger charge is -2.11. The van der Waals surface area contributed by atoms with Crippen molar-refractivity contribution in [1.82, 2.24) is 0 Å². The third-order valence-corrected chi connectivity index (χ3v) is 2.10. The Morgan fingerprint density at radius 3 is 2.10 bits per heavy atom. The van der Waals surface area contributed by atoms with Crippen LogP contribution in [-0.4, -0.2) is 51.1 Å². The summed E-state index contributed by atoms with van der Waals surface area (Å²) < 4.78 is 19.6. The lowest BCUT2D eigenvalue weighted by Crippen LogP contribution is -2.18. The molecule has 0 amide bonds. The Balaban J connectivity index is 0. The fourth-order valence-electron chi connectivity index (χ4n) is 1.20. The Bertz CT molecular complexity index is 255. The molecule has 0 saturated carbocycles. The number of carbonyl (C=O) groups excluding carboxylic acids is 2. The molecule has 1 unspecified atom stereocenters. The molecule has 6 nitrogen and oxygen atoms in total. The maximum atomic E-state index is 10.5. The minimum absolute atomic E-state index is 0.126. The number of hydrogen-bond donors (Lipinski definition) is 0. The summed E-state index contributed by atoms with van der Waals surface area (Å²) in [6, 6.07) is 0. The van der Waals surface area contributed by atoms with E-state index in [1.807, 2.05) is 13.8 Å². The second-order valence-corrected chi connectivity index (χ2v) is 4.39. The van der Waals surface area contributed by atoms with Crippen molar-refractivity contribution in [1.29, 1.82) is 0 Å². The van der Waals surface area contributed by atoms with E-state index in [9.17, 15) is 9.59 Å². The fraction of sp³-hybridized carbons (Fsp3) is 0.867. The highest BCUT2D eigenvalue weighted by Gasteiger charge is 2.04. The van der Waals surface area contributed by atoms with Gasteiger partial charge in [-0.2, -0.15) is 0 Å². The summed E-state index contributed by atoms with van der Waals surface area (Å²) in [6.45, 7) is 11.4. The van der Waals surface area contributed by atoms with Crippen LogP contribution in [0.2, 0.25) is 0 Å². The van der Waals surface area contributed by atoms with Gasteiger partial charge in [0.25, 0.3) is 0 Å². The average Bonchev–Trinajstić information content (AvgIpc) is 2.39. The van der Waals surface area contributed by atoms with E-state index in [2.05, 4.69) is 11.7 Å². The van der Waals surface area contributed by atoms with Gasteiger partial charge in [-0.1, -0.05) is 13.3 Å². The van der Waals surface area contributed by atoms with E-state index in [0.29, 0.717) is 26.4 Å². The monoisotopic (exact) mass is 306 g/mol. The van der Waals surface area contributed by atoms with Gasteiger partial charge in [-0.25, -0.2) is 0 Å². The molecule has 0 rings (SSSR count). The van der Waals surface area contributed by atoms with Gasteiger partial charge in [0, 0.05) is 27.1 Å². The van der Waals surface area contributed by atoms with Crippen LogP contribution in [-0.2, 0) is 28.5 Å².